The van der Waals surface area contributed by atoms with Crippen LogP contribution in [0.1, 0.15) is 20.8 Å². The minimum Gasteiger partial charge on any atom is -0.323 e. The molecular weight excluding hydrogens is 499 g/mol. The van der Waals surface area contributed by atoms with Gasteiger partial charge < -0.3 is 5.32 Å². The molecule has 1 N–H and O–H groups in total. The summed E-state index contributed by atoms with van der Waals surface area (Å²) in [6.07, 6.45) is 3.53. The van der Waals surface area contributed by atoms with Crippen LogP contribution in [0.15, 0.2) is 33.5 Å². The Morgan fingerprint density at radius 3 is 2.69 bits per heavy atom. The Morgan fingerprint density at radius 2 is 2.03 bits per heavy atom. The van der Waals surface area contributed by atoms with Gasteiger partial charge in [0.25, 0.3) is 0 Å². The molecule has 0 aliphatic rings. The number of thiazole rings is 1. The van der Waals surface area contributed by atoms with E-state index in [4.69, 9.17) is 11.6 Å². The highest BCUT2D eigenvalue weighted by Crippen LogP contribution is 2.41. The largest absolute Gasteiger partial charge is 0.323 e. The van der Waals surface area contributed by atoms with Crippen molar-refractivity contribution in [1.29, 1.82) is 0 Å². The van der Waals surface area contributed by atoms with E-state index in [2.05, 4.69) is 36.2 Å². The third-order valence-corrected chi connectivity index (χ3v) is 6.18. The summed E-state index contributed by atoms with van der Waals surface area (Å²) in [5.41, 5.74) is 0.526. The van der Waals surface area contributed by atoms with Crippen LogP contribution in [-0.2, 0) is 4.79 Å². The topological polar surface area (TPSA) is 67.8 Å². The lowest BCUT2D eigenvalue weighted by atomic mass is 9.95. The molecule has 0 saturated heterocycles. The maximum absolute atomic E-state index is 15.4. The fraction of sp³-hybridized carbons (Fsp3) is 0.263. The zero-order chi connectivity index (χ0) is 21.3. The Labute approximate surface area is 189 Å². The molecule has 1 amide bonds. The van der Waals surface area contributed by atoms with E-state index in [9.17, 15) is 4.79 Å². The average molecular weight is 516 g/mol. The van der Waals surface area contributed by atoms with Crippen LogP contribution in [0.3, 0.4) is 0 Å². The molecule has 0 atom stereocenters. The number of carbonyl (C=O) groups is 1. The Bertz CT molecular complexity index is 1080. The summed E-state index contributed by atoms with van der Waals surface area (Å²) in [5, 5.41) is 3.51. The van der Waals surface area contributed by atoms with Crippen molar-refractivity contribution < 1.29 is 9.18 Å². The van der Waals surface area contributed by atoms with Crippen LogP contribution >= 0.6 is 50.6 Å². The van der Waals surface area contributed by atoms with E-state index in [1.54, 1.807) is 33.0 Å². The number of benzene rings is 1. The van der Waals surface area contributed by atoms with E-state index >= 15 is 4.39 Å². The molecule has 0 aliphatic carbocycles. The third kappa shape index (κ3) is 4.96. The minimum atomic E-state index is -0.682. The first-order valence-corrected chi connectivity index (χ1v) is 11.7. The highest BCUT2D eigenvalue weighted by atomic mass is 79.9. The van der Waals surface area contributed by atoms with Gasteiger partial charge in [-0.2, -0.15) is 0 Å². The van der Waals surface area contributed by atoms with Crippen LogP contribution in [-0.4, -0.2) is 27.1 Å². The molecule has 29 heavy (non-hydrogen) atoms. The predicted molar refractivity (Wildman–Crippen MR) is 121 cm³/mol. The second kappa shape index (κ2) is 8.67. The van der Waals surface area contributed by atoms with Gasteiger partial charge >= 0.3 is 0 Å². The van der Waals surface area contributed by atoms with Gasteiger partial charge in [-0.05, 0) is 40.4 Å². The number of aromatic nitrogens is 3. The summed E-state index contributed by atoms with van der Waals surface area (Å²) in [5.74, 6) is -0.921. The van der Waals surface area contributed by atoms with Crippen LogP contribution in [0.2, 0.25) is 5.02 Å². The lowest BCUT2D eigenvalue weighted by Gasteiger charge is -2.19. The smallest absolute Gasteiger partial charge is 0.229 e. The monoisotopic (exact) mass is 514 g/mol. The van der Waals surface area contributed by atoms with Crippen LogP contribution in [0, 0.1) is 11.2 Å². The van der Waals surface area contributed by atoms with Crippen molar-refractivity contribution in [3.8, 4) is 21.8 Å². The van der Waals surface area contributed by atoms with Crippen LogP contribution < -0.4 is 5.32 Å². The highest BCUT2D eigenvalue weighted by Gasteiger charge is 2.25. The second-order valence-electron chi connectivity index (χ2n) is 7.09. The minimum absolute atomic E-state index is 0.00925. The van der Waals surface area contributed by atoms with Gasteiger partial charge in [0, 0.05) is 22.2 Å². The second-order valence-corrected chi connectivity index (χ2v) is 10.6. The molecule has 152 valence electrons. The molecule has 1 aromatic carbocycles. The first-order chi connectivity index (χ1) is 13.6. The van der Waals surface area contributed by atoms with Crippen LogP contribution in [0.5, 0.6) is 0 Å². The SMILES string of the molecule is CSc1nccc(-c2sc(Br)nc2-c2cc(Cl)cc(NC(=O)C(C)(C)C)c2F)n1. The molecule has 2 aromatic heterocycles. The number of thioether (sulfide) groups is 1. The van der Waals surface area contributed by atoms with Crippen LogP contribution in [0.25, 0.3) is 21.8 Å². The normalized spacial score (nSPS) is 11.6. The fourth-order valence-electron chi connectivity index (χ4n) is 2.38. The van der Waals surface area contributed by atoms with E-state index in [1.807, 2.05) is 6.26 Å². The zero-order valence-electron chi connectivity index (χ0n) is 16.0. The summed E-state index contributed by atoms with van der Waals surface area (Å²) in [7, 11) is 0. The van der Waals surface area contributed by atoms with E-state index < -0.39 is 11.2 Å². The van der Waals surface area contributed by atoms with Gasteiger partial charge in [-0.1, -0.05) is 44.1 Å². The van der Waals surface area contributed by atoms with Crippen LogP contribution in [0.4, 0.5) is 10.1 Å². The molecular formula is C19H17BrClFN4OS2. The number of carbonyl (C=O) groups excluding carboxylic acids is 1. The predicted octanol–water partition coefficient (Wildman–Crippen LogP) is 6.53. The number of nitrogens with zero attached hydrogens (tertiary/aromatic N) is 3. The quantitative estimate of drug-likeness (QED) is 0.316. The van der Waals surface area contributed by atoms with Crippen molar-refractivity contribution in [2.24, 2.45) is 5.41 Å². The van der Waals surface area contributed by atoms with E-state index in [0.29, 0.717) is 25.3 Å². The molecule has 0 fully saturated rings. The zero-order valence-corrected chi connectivity index (χ0v) is 20.0. The standard InChI is InChI=1S/C19H17BrClFN4OS2/c1-19(2,3)16(27)24-12-8-9(21)7-10(13(12)22)14-15(29-17(20)26-14)11-5-6-23-18(25-11)28-4/h5-8H,1-4H3,(H,24,27). The van der Waals surface area contributed by atoms with E-state index in [-0.39, 0.29) is 22.2 Å². The molecule has 3 rings (SSSR count). The Morgan fingerprint density at radius 1 is 1.31 bits per heavy atom. The van der Waals surface area contributed by atoms with Crippen molar-refractivity contribution in [3.63, 3.8) is 0 Å². The molecule has 0 unspecified atom stereocenters. The Balaban J connectivity index is 2.14. The summed E-state index contributed by atoms with van der Waals surface area (Å²) >= 11 is 12.4. The molecule has 2 heterocycles. The van der Waals surface area contributed by atoms with Crippen molar-refractivity contribution in [3.05, 3.63) is 39.2 Å². The lowest BCUT2D eigenvalue weighted by molar-refractivity contribution is -0.123. The number of nitrogens with one attached hydrogen (secondary N) is 1. The van der Waals surface area contributed by atoms with Crippen molar-refractivity contribution in [2.75, 3.05) is 11.6 Å². The summed E-state index contributed by atoms with van der Waals surface area (Å²) < 4.78 is 16.0. The maximum atomic E-state index is 15.4. The van der Waals surface area contributed by atoms with Gasteiger partial charge in [0.05, 0.1) is 22.0 Å². The molecule has 0 spiro atoms. The maximum Gasteiger partial charge on any atom is 0.229 e. The number of hydrogen-bond acceptors (Lipinski definition) is 6. The summed E-state index contributed by atoms with van der Waals surface area (Å²) in [6, 6.07) is 4.63. The van der Waals surface area contributed by atoms with Gasteiger partial charge in [-0.15, -0.1) is 11.3 Å². The van der Waals surface area contributed by atoms with Gasteiger partial charge in [-0.3, -0.25) is 4.79 Å². The van der Waals surface area contributed by atoms with Crippen molar-refractivity contribution >= 4 is 62.2 Å². The first-order valence-electron chi connectivity index (χ1n) is 8.44. The molecule has 0 bridgehead atoms. The lowest BCUT2D eigenvalue weighted by Crippen LogP contribution is -2.28. The van der Waals surface area contributed by atoms with Crippen molar-refractivity contribution in [2.45, 2.75) is 25.9 Å². The van der Waals surface area contributed by atoms with E-state index in [0.717, 1.165) is 0 Å². The fourth-order valence-corrected chi connectivity index (χ4v) is 4.39. The molecule has 0 radical (unpaired) electrons. The van der Waals surface area contributed by atoms with Gasteiger partial charge in [0.1, 0.15) is 0 Å². The Hall–Kier alpha value is -1.55. The number of halogens is 3. The average Bonchev–Trinajstić information content (AvgIpc) is 3.05. The number of anilines is 1. The molecule has 10 heteroatoms. The molecule has 3 aromatic rings. The van der Waals surface area contributed by atoms with Gasteiger partial charge in [0.15, 0.2) is 14.9 Å². The summed E-state index contributed by atoms with van der Waals surface area (Å²) in [6.45, 7) is 5.25. The number of hydrogen-bond donors (Lipinski definition) is 1. The number of amides is 1. The van der Waals surface area contributed by atoms with Gasteiger partial charge in [-0.25, -0.2) is 19.3 Å². The molecule has 5 nitrogen and oxygen atoms in total. The Kier molecular flexibility index (Phi) is 6.62. The van der Waals surface area contributed by atoms with E-state index in [1.165, 1.54) is 35.2 Å². The summed E-state index contributed by atoms with van der Waals surface area (Å²) in [4.78, 5) is 26.1. The van der Waals surface area contributed by atoms with Crippen molar-refractivity contribution in [1.82, 2.24) is 15.0 Å². The third-order valence-electron chi connectivity index (χ3n) is 3.87. The first kappa shape index (κ1) is 22.1. The number of rotatable bonds is 4. The highest BCUT2D eigenvalue weighted by molar-refractivity contribution is 9.11. The molecule has 0 saturated carbocycles. The molecule has 0 aliphatic heterocycles. The van der Waals surface area contributed by atoms with Gasteiger partial charge in [0.2, 0.25) is 5.91 Å².